The van der Waals surface area contributed by atoms with Crippen LogP contribution >= 0.6 is 0 Å². The van der Waals surface area contributed by atoms with E-state index in [2.05, 4.69) is 9.97 Å². The van der Waals surface area contributed by atoms with Crippen LogP contribution in [0.5, 0.6) is 0 Å². The number of benzene rings is 1. The number of likely N-dealkylation sites (N-methyl/N-ethyl adjacent to an activating group) is 1. The number of rotatable bonds is 6. The van der Waals surface area contributed by atoms with Gasteiger partial charge in [-0.2, -0.15) is 0 Å². The molecular formula is C16H22FN3O2. The maximum Gasteiger partial charge on any atom is 0.223 e. The Kier molecular flexibility index (Phi) is 4.81. The van der Waals surface area contributed by atoms with Gasteiger partial charge in [0.1, 0.15) is 11.3 Å². The second kappa shape index (κ2) is 6.44. The molecule has 0 bridgehead atoms. The lowest BCUT2D eigenvalue weighted by Crippen LogP contribution is -2.42. The molecule has 1 aromatic heterocycles. The highest BCUT2D eigenvalue weighted by atomic mass is 19.1. The number of aromatic nitrogens is 2. The summed E-state index contributed by atoms with van der Waals surface area (Å²) in [6.45, 7) is 6.05. The molecule has 0 saturated heterocycles. The molecule has 0 saturated carbocycles. The second-order valence-electron chi connectivity index (χ2n) is 6.04. The Bertz CT molecular complexity index is 661. The van der Waals surface area contributed by atoms with E-state index in [1.165, 1.54) is 6.07 Å². The molecule has 1 heterocycles. The van der Waals surface area contributed by atoms with Crippen molar-refractivity contribution in [1.82, 2.24) is 14.9 Å². The largest absolute Gasteiger partial charge is 0.389 e. The number of H-pyrrole nitrogens is 1. The zero-order valence-electron chi connectivity index (χ0n) is 13.2. The van der Waals surface area contributed by atoms with Crippen LogP contribution in [0, 0.1) is 5.82 Å². The van der Waals surface area contributed by atoms with Gasteiger partial charge in [-0.3, -0.25) is 4.79 Å². The minimum absolute atomic E-state index is 0.0504. The molecule has 6 heteroatoms. The number of carbonyl (C=O) groups is 1. The number of nitrogens with zero attached hydrogens (tertiary/aromatic N) is 2. The van der Waals surface area contributed by atoms with Crippen molar-refractivity contribution in [2.75, 3.05) is 13.1 Å². The number of fused-ring (bicyclic) bond motifs is 1. The van der Waals surface area contributed by atoms with E-state index in [9.17, 15) is 14.3 Å². The molecule has 1 aromatic carbocycles. The van der Waals surface area contributed by atoms with E-state index in [-0.39, 0.29) is 24.7 Å². The highest BCUT2D eigenvalue weighted by molar-refractivity contribution is 5.77. The number of amides is 1. The summed E-state index contributed by atoms with van der Waals surface area (Å²) in [7, 11) is 0. The average molecular weight is 307 g/mol. The van der Waals surface area contributed by atoms with Gasteiger partial charge in [-0.15, -0.1) is 0 Å². The molecule has 120 valence electrons. The molecule has 0 unspecified atom stereocenters. The molecule has 2 N–H and O–H groups in total. The first kappa shape index (κ1) is 16.4. The normalized spacial score (nSPS) is 11.9. The first-order valence-corrected chi connectivity index (χ1v) is 7.43. The first-order valence-electron chi connectivity index (χ1n) is 7.43. The molecule has 1 amide bonds. The van der Waals surface area contributed by atoms with Gasteiger partial charge >= 0.3 is 0 Å². The smallest absolute Gasteiger partial charge is 0.223 e. The molecule has 0 aliphatic carbocycles. The summed E-state index contributed by atoms with van der Waals surface area (Å²) in [5.74, 6) is 0.168. The van der Waals surface area contributed by atoms with E-state index in [1.807, 2.05) is 6.92 Å². The predicted octanol–water partition coefficient (Wildman–Crippen LogP) is 2.25. The fourth-order valence-corrected chi connectivity index (χ4v) is 2.39. The number of halogens is 1. The van der Waals surface area contributed by atoms with Gasteiger partial charge in [-0.25, -0.2) is 9.37 Å². The van der Waals surface area contributed by atoms with Crippen LogP contribution in [-0.4, -0.2) is 44.6 Å². The number of hydrogen-bond acceptors (Lipinski definition) is 3. The Morgan fingerprint density at radius 1 is 1.45 bits per heavy atom. The number of nitrogens with one attached hydrogen (secondary N) is 1. The van der Waals surface area contributed by atoms with Crippen LogP contribution in [0.4, 0.5) is 4.39 Å². The van der Waals surface area contributed by atoms with Crippen LogP contribution < -0.4 is 0 Å². The first-order chi connectivity index (χ1) is 10.3. The van der Waals surface area contributed by atoms with E-state index in [1.54, 1.807) is 30.9 Å². The molecule has 0 atom stereocenters. The van der Waals surface area contributed by atoms with E-state index >= 15 is 0 Å². The monoisotopic (exact) mass is 307 g/mol. The Labute approximate surface area is 129 Å². The number of aromatic amines is 1. The van der Waals surface area contributed by atoms with Crippen LogP contribution in [-0.2, 0) is 11.2 Å². The van der Waals surface area contributed by atoms with Crippen molar-refractivity contribution in [1.29, 1.82) is 0 Å². The zero-order valence-corrected chi connectivity index (χ0v) is 13.2. The maximum absolute atomic E-state index is 13.6. The topological polar surface area (TPSA) is 69.2 Å². The fraction of sp³-hybridized carbons (Fsp3) is 0.500. The molecule has 5 nitrogen and oxygen atoms in total. The van der Waals surface area contributed by atoms with Crippen molar-refractivity contribution in [2.24, 2.45) is 0 Å². The SMILES string of the molecule is CCN(CC(C)(C)O)C(=O)CCc1nc2c(F)cccc2[nH]1. The lowest BCUT2D eigenvalue weighted by Gasteiger charge is -2.28. The lowest BCUT2D eigenvalue weighted by atomic mass is 10.1. The fourth-order valence-electron chi connectivity index (χ4n) is 2.39. The van der Waals surface area contributed by atoms with Crippen LogP contribution in [0.3, 0.4) is 0 Å². The van der Waals surface area contributed by atoms with Gasteiger partial charge in [0.2, 0.25) is 5.91 Å². The number of aliphatic hydroxyl groups is 1. The summed E-state index contributed by atoms with van der Waals surface area (Å²) in [5.41, 5.74) is 0.00817. The third-order valence-corrected chi connectivity index (χ3v) is 3.40. The van der Waals surface area contributed by atoms with Gasteiger partial charge in [-0.05, 0) is 32.9 Å². The summed E-state index contributed by atoms with van der Waals surface area (Å²) in [5, 5.41) is 9.83. The highest BCUT2D eigenvalue weighted by Gasteiger charge is 2.21. The quantitative estimate of drug-likeness (QED) is 0.860. The minimum atomic E-state index is -0.922. The van der Waals surface area contributed by atoms with Gasteiger partial charge in [-0.1, -0.05) is 6.07 Å². The summed E-state index contributed by atoms with van der Waals surface area (Å²) >= 11 is 0. The van der Waals surface area contributed by atoms with Crippen molar-refractivity contribution in [3.8, 4) is 0 Å². The summed E-state index contributed by atoms with van der Waals surface area (Å²) in [4.78, 5) is 21.0. The van der Waals surface area contributed by atoms with E-state index in [0.29, 0.717) is 29.8 Å². The summed E-state index contributed by atoms with van der Waals surface area (Å²) in [6, 6.07) is 4.73. The molecule has 0 spiro atoms. The second-order valence-corrected chi connectivity index (χ2v) is 6.04. The van der Waals surface area contributed by atoms with E-state index < -0.39 is 5.60 Å². The molecule has 0 aliphatic heterocycles. The number of carbonyl (C=O) groups excluding carboxylic acids is 1. The summed E-state index contributed by atoms with van der Waals surface area (Å²) in [6.07, 6.45) is 0.681. The molecule has 2 aromatic rings. The van der Waals surface area contributed by atoms with Gasteiger partial charge in [0.05, 0.1) is 11.1 Å². The molecular weight excluding hydrogens is 285 g/mol. The third-order valence-electron chi connectivity index (χ3n) is 3.40. The molecule has 22 heavy (non-hydrogen) atoms. The number of para-hydroxylation sites is 1. The van der Waals surface area contributed by atoms with E-state index in [4.69, 9.17) is 0 Å². The zero-order chi connectivity index (χ0) is 16.3. The summed E-state index contributed by atoms with van der Waals surface area (Å²) < 4.78 is 13.6. The Morgan fingerprint density at radius 2 is 2.18 bits per heavy atom. The van der Waals surface area contributed by atoms with E-state index in [0.717, 1.165) is 0 Å². The average Bonchev–Trinajstić information content (AvgIpc) is 2.85. The van der Waals surface area contributed by atoms with Gasteiger partial charge in [0.15, 0.2) is 5.82 Å². The highest BCUT2D eigenvalue weighted by Crippen LogP contribution is 2.16. The Balaban J connectivity index is 2.01. The van der Waals surface area contributed by atoms with Gasteiger partial charge in [0.25, 0.3) is 0 Å². The number of hydrogen-bond donors (Lipinski definition) is 2. The molecule has 0 aliphatic rings. The molecule has 0 radical (unpaired) electrons. The Hall–Kier alpha value is -1.95. The Morgan fingerprint density at radius 3 is 2.77 bits per heavy atom. The maximum atomic E-state index is 13.6. The minimum Gasteiger partial charge on any atom is -0.389 e. The third kappa shape index (κ3) is 4.04. The van der Waals surface area contributed by atoms with Crippen LogP contribution in [0.1, 0.15) is 33.0 Å². The lowest BCUT2D eigenvalue weighted by molar-refractivity contribution is -0.133. The standard InChI is InChI=1S/C16H22FN3O2/c1-4-20(10-16(2,3)22)14(21)9-8-13-18-12-7-5-6-11(17)15(12)19-13/h5-7,22H,4,8-10H2,1-3H3,(H,18,19). The number of imidazole rings is 1. The van der Waals surface area contributed by atoms with Gasteiger partial charge in [0, 0.05) is 25.9 Å². The van der Waals surface area contributed by atoms with Crippen LogP contribution in [0.25, 0.3) is 11.0 Å². The number of aryl methyl sites for hydroxylation is 1. The molecule has 0 fully saturated rings. The van der Waals surface area contributed by atoms with Crippen LogP contribution in [0.15, 0.2) is 18.2 Å². The van der Waals surface area contributed by atoms with Crippen molar-refractivity contribution in [2.45, 2.75) is 39.2 Å². The van der Waals surface area contributed by atoms with Gasteiger partial charge < -0.3 is 15.0 Å². The van der Waals surface area contributed by atoms with Crippen molar-refractivity contribution in [3.63, 3.8) is 0 Å². The predicted molar refractivity (Wildman–Crippen MR) is 82.9 cm³/mol. The molecule has 2 rings (SSSR count). The van der Waals surface area contributed by atoms with Crippen molar-refractivity contribution >= 4 is 16.9 Å². The van der Waals surface area contributed by atoms with Crippen molar-refractivity contribution in [3.05, 3.63) is 29.8 Å². The van der Waals surface area contributed by atoms with Crippen molar-refractivity contribution < 1.29 is 14.3 Å². The van der Waals surface area contributed by atoms with Crippen LogP contribution in [0.2, 0.25) is 0 Å².